The van der Waals surface area contributed by atoms with E-state index in [1.54, 1.807) is 18.0 Å². The molecule has 2 N–H and O–H groups in total. The van der Waals surface area contributed by atoms with E-state index in [2.05, 4.69) is 9.97 Å². The zero-order chi connectivity index (χ0) is 13.0. The summed E-state index contributed by atoms with van der Waals surface area (Å²) in [6.45, 7) is 0. The van der Waals surface area contributed by atoms with Crippen LogP contribution >= 0.6 is 11.8 Å². The van der Waals surface area contributed by atoms with E-state index in [0.29, 0.717) is 18.1 Å². The number of aromatic nitrogens is 2. The Morgan fingerprint density at radius 3 is 3.17 bits per heavy atom. The van der Waals surface area contributed by atoms with E-state index in [1.165, 1.54) is 13.4 Å². The summed E-state index contributed by atoms with van der Waals surface area (Å²) < 4.78 is 4.79. The van der Waals surface area contributed by atoms with Crippen molar-refractivity contribution in [2.45, 2.75) is 41.5 Å². The predicted octanol–water partition coefficient (Wildman–Crippen LogP) is 1.38. The first-order valence-electron chi connectivity index (χ1n) is 5.94. The van der Waals surface area contributed by atoms with E-state index in [0.717, 1.165) is 17.9 Å². The molecule has 18 heavy (non-hydrogen) atoms. The summed E-state index contributed by atoms with van der Waals surface area (Å²) in [7, 11) is 1.39. The topological polar surface area (TPSA) is 78.1 Å². The first-order valence-corrected chi connectivity index (χ1v) is 6.82. The second-order valence-corrected chi connectivity index (χ2v) is 5.85. The number of carbonyl (C=O) groups is 1. The lowest BCUT2D eigenvalue weighted by atomic mass is 9.82. The van der Waals surface area contributed by atoms with Crippen LogP contribution in [0.4, 0.5) is 0 Å². The summed E-state index contributed by atoms with van der Waals surface area (Å²) in [4.78, 5) is 19.8. The number of ether oxygens (including phenoxy) is 1. The van der Waals surface area contributed by atoms with Gasteiger partial charge in [-0.25, -0.2) is 9.97 Å². The first-order chi connectivity index (χ1) is 8.64. The van der Waals surface area contributed by atoms with E-state index in [-0.39, 0.29) is 5.97 Å². The number of rotatable bonds is 3. The molecular formula is C12H17N3O2S. The third kappa shape index (κ3) is 3.00. The van der Waals surface area contributed by atoms with Crippen LogP contribution in [-0.4, -0.2) is 33.8 Å². The second kappa shape index (κ2) is 5.67. The highest BCUT2D eigenvalue weighted by atomic mass is 32.2. The average Bonchev–Trinajstić information content (AvgIpc) is 2.39. The molecule has 1 aromatic rings. The number of nitrogens with zero attached hydrogens (tertiary/aromatic N) is 2. The Morgan fingerprint density at radius 1 is 1.67 bits per heavy atom. The van der Waals surface area contributed by atoms with Crippen LogP contribution in [0.1, 0.15) is 25.7 Å². The molecule has 1 aliphatic carbocycles. The Balaban J connectivity index is 2.01. The zero-order valence-corrected chi connectivity index (χ0v) is 11.2. The van der Waals surface area contributed by atoms with Gasteiger partial charge in [0.05, 0.1) is 12.1 Å². The van der Waals surface area contributed by atoms with Crippen molar-refractivity contribution in [1.29, 1.82) is 0 Å². The maximum absolute atomic E-state index is 11.7. The molecule has 1 aliphatic rings. The fraction of sp³-hybridized carbons (Fsp3) is 0.583. The van der Waals surface area contributed by atoms with Gasteiger partial charge in [0.1, 0.15) is 11.9 Å². The highest BCUT2D eigenvalue weighted by Crippen LogP contribution is 2.36. The molecule has 2 atom stereocenters. The van der Waals surface area contributed by atoms with Crippen molar-refractivity contribution in [3.63, 3.8) is 0 Å². The fourth-order valence-corrected chi connectivity index (χ4v) is 3.52. The van der Waals surface area contributed by atoms with Crippen molar-refractivity contribution in [2.75, 3.05) is 7.11 Å². The van der Waals surface area contributed by atoms with Crippen molar-refractivity contribution in [1.82, 2.24) is 9.97 Å². The van der Waals surface area contributed by atoms with Gasteiger partial charge in [0.15, 0.2) is 0 Å². The summed E-state index contributed by atoms with van der Waals surface area (Å²) >= 11 is 1.66. The number of carbonyl (C=O) groups excluding carboxylic acids is 1. The molecule has 1 aromatic heterocycles. The highest BCUT2D eigenvalue weighted by Gasteiger charge is 2.40. The van der Waals surface area contributed by atoms with Gasteiger partial charge in [-0.15, -0.1) is 11.8 Å². The van der Waals surface area contributed by atoms with Crippen LogP contribution in [0.2, 0.25) is 0 Å². The normalized spacial score (nSPS) is 27.8. The van der Waals surface area contributed by atoms with Gasteiger partial charge < -0.3 is 10.5 Å². The van der Waals surface area contributed by atoms with Gasteiger partial charge in [0.25, 0.3) is 0 Å². The predicted molar refractivity (Wildman–Crippen MR) is 69.1 cm³/mol. The molecule has 98 valence electrons. The Bertz CT molecular complexity index is 415. The van der Waals surface area contributed by atoms with E-state index < -0.39 is 5.54 Å². The third-order valence-corrected chi connectivity index (χ3v) is 4.39. The number of methoxy groups -OCH3 is 1. The first kappa shape index (κ1) is 13.3. The number of hydrogen-bond acceptors (Lipinski definition) is 6. The molecule has 2 unspecified atom stereocenters. The molecule has 0 saturated heterocycles. The van der Waals surface area contributed by atoms with Crippen LogP contribution in [0, 0.1) is 0 Å². The highest BCUT2D eigenvalue weighted by molar-refractivity contribution is 7.99. The van der Waals surface area contributed by atoms with Gasteiger partial charge in [-0.05, 0) is 31.7 Å². The molecule has 2 rings (SSSR count). The second-order valence-electron chi connectivity index (χ2n) is 4.53. The van der Waals surface area contributed by atoms with Gasteiger partial charge in [0.2, 0.25) is 0 Å². The van der Waals surface area contributed by atoms with E-state index in [4.69, 9.17) is 10.5 Å². The number of thioether (sulfide) groups is 1. The molecule has 0 bridgehead atoms. The van der Waals surface area contributed by atoms with Gasteiger partial charge in [-0.2, -0.15) is 0 Å². The van der Waals surface area contributed by atoms with Gasteiger partial charge in [-0.3, -0.25) is 4.79 Å². The SMILES string of the molecule is COC(=O)C1(N)CCCC(Sc2ccncn2)C1. The minimum Gasteiger partial charge on any atom is -0.468 e. The molecule has 0 radical (unpaired) electrons. The lowest BCUT2D eigenvalue weighted by Gasteiger charge is -2.34. The lowest BCUT2D eigenvalue weighted by Crippen LogP contribution is -2.52. The maximum Gasteiger partial charge on any atom is 0.325 e. The molecular weight excluding hydrogens is 250 g/mol. The minimum atomic E-state index is -0.836. The Morgan fingerprint density at radius 2 is 2.50 bits per heavy atom. The standard InChI is InChI=1S/C12H17N3O2S/c1-17-11(16)12(13)5-2-3-9(7-12)18-10-4-6-14-8-15-10/h4,6,8-9H,2-3,5,7,13H2,1H3. The van der Waals surface area contributed by atoms with Crippen molar-refractivity contribution in [3.05, 3.63) is 18.6 Å². The van der Waals surface area contributed by atoms with Crippen LogP contribution in [-0.2, 0) is 9.53 Å². The monoisotopic (exact) mass is 267 g/mol. The van der Waals surface area contributed by atoms with E-state index in [9.17, 15) is 4.79 Å². The maximum atomic E-state index is 11.7. The van der Waals surface area contributed by atoms with E-state index >= 15 is 0 Å². The molecule has 6 heteroatoms. The molecule has 1 fully saturated rings. The number of nitrogens with two attached hydrogens (primary N) is 1. The summed E-state index contributed by atoms with van der Waals surface area (Å²) in [6, 6.07) is 1.87. The van der Waals surface area contributed by atoms with Gasteiger partial charge >= 0.3 is 5.97 Å². The van der Waals surface area contributed by atoms with Crippen LogP contribution in [0.15, 0.2) is 23.6 Å². The molecule has 0 spiro atoms. The molecule has 0 aromatic carbocycles. The summed E-state index contributed by atoms with van der Waals surface area (Å²) in [5.41, 5.74) is 5.30. The molecule has 1 saturated carbocycles. The van der Waals surface area contributed by atoms with Crippen LogP contribution in [0.5, 0.6) is 0 Å². The Labute approximate surface area is 111 Å². The summed E-state index contributed by atoms with van der Waals surface area (Å²) in [5, 5.41) is 1.22. The third-order valence-electron chi connectivity index (χ3n) is 3.18. The van der Waals surface area contributed by atoms with Crippen LogP contribution < -0.4 is 5.73 Å². The average molecular weight is 267 g/mol. The largest absolute Gasteiger partial charge is 0.468 e. The van der Waals surface area contributed by atoms with Crippen LogP contribution in [0.25, 0.3) is 0 Å². The zero-order valence-electron chi connectivity index (χ0n) is 10.3. The van der Waals surface area contributed by atoms with Crippen molar-refractivity contribution >= 4 is 17.7 Å². The van der Waals surface area contributed by atoms with Crippen molar-refractivity contribution in [2.24, 2.45) is 5.73 Å². The Hall–Kier alpha value is -1.14. The lowest BCUT2D eigenvalue weighted by molar-refractivity contribution is -0.148. The number of hydrogen-bond donors (Lipinski definition) is 1. The van der Waals surface area contributed by atoms with Crippen molar-refractivity contribution < 1.29 is 9.53 Å². The molecule has 5 nitrogen and oxygen atoms in total. The smallest absolute Gasteiger partial charge is 0.325 e. The fourth-order valence-electron chi connectivity index (χ4n) is 2.26. The summed E-state index contributed by atoms with van der Waals surface area (Å²) in [6.07, 6.45) is 6.56. The molecule has 0 amide bonds. The van der Waals surface area contributed by atoms with Crippen LogP contribution in [0.3, 0.4) is 0 Å². The summed E-state index contributed by atoms with van der Waals surface area (Å²) in [5.74, 6) is -0.310. The number of esters is 1. The quantitative estimate of drug-likeness (QED) is 0.658. The van der Waals surface area contributed by atoms with Gasteiger partial charge in [-0.1, -0.05) is 0 Å². The minimum absolute atomic E-state index is 0.303. The Kier molecular flexibility index (Phi) is 4.19. The van der Waals surface area contributed by atoms with Gasteiger partial charge in [0, 0.05) is 11.4 Å². The van der Waals surface area contributed by atoms with Crippen molar-refractivity contribution in [3.8, 4) is 0 Å². The molecule has 0 aliphatic heterocycles. The molecule has 1 heterocycles. The van der Waals surface area contributed by atoms with E-state index in [1.807, 2.05) is 6.07 Å².